The molecule has 3 aromatic carbocycles. The molecule has 6 rings (SSSR count). The van der Waals surface area contributed by atoms with Gasteiger partial charge in [0.1, 0.15) is 0 Å². The molecule has 3 heterocycles. The maximum Gasteiger partial charge on any atom is 0.0924 e. The zero-order valence-corrected chi connectivity index (χ0v) is 37.3. The molecule has 21 nitrogen and oxygen atoms in total. The van der Waals surface area contributed by atoms with Crippen LogP contribution >= 0.6 is 0 Å². The van der Waals surface area contributed by atoms with E-state index >= 15 is 0 Å². The van der Waals surface area contributed by atoms with Crippen molar-refractivity contribution in [2.24, 2.45) is 17.2 Å². The van der Waals surface area contributed by atoms with Crippen molar-refractivity contribution in [2.45, 2.75) is 37.4 Å². The van der Waals surface area contributed by atoms with E-state index in [2.05, 4.69) is 29.9 Å². The van der Waals surface area contributed by atoms with Gasteiger partial charge in [-0.1, -0.05) is 91.0 Å². The number of carbonyl (C=O) groups is 6. The van der Waals surface area contributed by atoms with Gasteiger partial charge in [0.05, 0.1) is 90.5 Å². The number of H-pyrrole nitrogens is 3. The average molecular weight is 1000 g/mol. The molecule has 0 saturated carbocycles. The first-order valence-electron chi connectivity index (χ1n) is 19.1. The SMILES string of the molecule is N[C@@H](Cc1ccccc1)C(=O)[O-].N[C@@H](Cc1ccccc1)C(=O)[O-].N[C@@H](Cc1ccccc1)C(=O)[O-].O=C([O-])C=Cc1cnc[nH]1.O=C([O-])C=Cc1cnc[nH]1.O=C([O-])C=Cc1cnc[nH]1.[Mo]. The zero-order chi connectivity index (χ0) is 49.1. The molecule has 0 radical (unpaired) electrons. The molecule has 0 aliphatic carbocycles. The number of hydrogen-bond donors (Lipinski definition) is 6. The van der Waals surface area contributed by atoms with Crippen LogP contribution < -0.4 is 47.8 Å². The van der Waals surface area contributed by atoms with Crippen molar-refractivity contribution in [3.05, 3.63) is 181 Å². The molecule has 0 fully saturated rings. The van der Waals surface area contributed by atoms with Gasteiger partial charge in [-0.15, -0.1) is 0 Å². The normalized spacial score (nSPS) is 11.3. The molecule has 0 spiro atoms. The number of benzene rings is 3. The van der Waals surface area contributed by atoms with Crippen molar-refractivity contribution in [3.8, 4) is 0 Å². The summed E-state index contributed by atoms with van der Waals surface area (Å²) in [7, 11) is 0. The predicted octanol–water partition coefficient (Wildman–Crippen LogP) is -4.57. The summed E-state index contributed by atoms with van der Waals surface area (Å²) in [6.45, 7) is 0. The van der Waals surface area contributed by atoms with E-state index in [-0.39, 0.29) is 21.1 Å². The molecule has 354 valence electrons. The van der Waals surface area contributed by atoms with Gasteiger partial charge in [0.25, 0.3) is 0 Å². The Labute approximate surface area is 398 Å². The smallest absolute Gasteiger partial charge is 0.0924 e. The monoisotopic (exact) mass is 1000 g/mol. The summed E-state index contributed by atoms with van der Waals surface area (Å²) in [4.78, 5) is 79.5. The molecule has 0 aliphatic heterocycles. The Bertz CT molecular complexity index is 2100. The van der Waals surface area contributed by atoms with Gasteiger partial charge in [0.15, 0.2) is 0 Å². The molecule has 0 aliphatic rings. The van der Waals surface area contributed by atoms with Crippen LogP contribution in [0.2, 0.25) is 0 Å². The Morgan fingerprint density at radius 1 is 0.433 bits per heavy atom. The summed E-state index contributed by atoms with van der Waals surface area (Å²) in [5.41, 5.74) is 20.5. The van der Waals surface area contributed by atoms with Crippen LogP contribution in [-0.4, -0.2) is 83.8 Å². The molecule has 0 bridgehead atoms. The zero-order valence-electron chi connectivity index (χ0n) is 35.3. The number of nitrogens with one attached hydrogen (secondary N) is 3. The fourth-order valence-corrected chi connectivity index (χ4v) is 4.40. The Balaban J connectivity index is 0.000000779. The van der Waals surface area contributed by atoms with Crippen LogP contribution in [0, 0.1) is 0 Å². The largest absolute Gasteiger partial charge is 0.548 e. The Hall–Kier alpha value is -8.10. The van der Waals surface area contributed by atoms with Gasteiger partial charge in [0.2, 0.25) is 0 Å². The van der Waals surface area contributed by atoms with E-state index in [0.29, 0.717) is 36.3 Å². The molecule has 0 saturated heterocycles. The molecule has 3 atom stereocenters. The van der Waals surface area contributed by atoms with Gasteiger partial charge in [0, 0.05) is 39.2 Å². The van der Waals surface area contributed by atoms with Crippen LogP contribution in [0.25, 0.3) is 18.2 Å². The Kier molecular flexibility index (Phi) is 31.0. The first kappa shape index (κ1) is 58.9. The third-order valence-corrected chi connectivity index (χ3v) is 7.56. The van der Waals surface area contributed by atoms with Gasteiger partial charge >= 0.3 is 0 Å². The molecule has 0 amide bonds. The summed E-state index contributed by atoms with van der Waals surface area (Å²) in [5, 5.41) is 60.4. The number of nitrogens with zero attached hydrogens (tertiary/aromatic N) is 3. The topological polar surface area (TPSA) is 405 Å². The molecule has 22 heteroatoms. The first-order chi connectivity index (χ1) is 31.5. The second kappa shape index (κ2) is 35.3. The summed E-state index contributed by atoms with van der Waals surface area (Å²) >= 11 is 0. The first-order valence-corrected chi connectivity index (χ1v) is 19.1. The van der Waals surface area contributed by atoms with Gasteiger partial charge in [-0.2, -0.15) is 0 Å². The van der Waals surface area contributed by atoms with E-state index in [0.717, 1.165) is 34.9 Å². The van der Waals surface area contributed by atoms with Crippen LogP contribution in [0.1, 0.15) is 33.8 Å². The molecular formula is C45H45MoN9O12-6. The molecule has 67 heavy (non-hydrogen) atoms. The summed E-state index contributed by atoms with van der Waals surface area (Å²) in [6.07, 6.45) is 16.9. The summed E-state index contributed by atoms with van der Waals surface area (Å²) < 4.78 is 0. The van der Waals surface area contributed by atoms with E-state index in [1.54, 1.807) is 0 Å². The molecule has 6 aromatic rings. The molecular weight excluding hydrogens is 954 g/mol. The number of nitrogens with two attached hydrogens (primary N) is 3. The number of carboxylic acid groups (broad SMARTS) is 6. The van der Waals surface area contributed by atoms with Crippen LogP contribution in [-0.2, 0) is 69.1 Å². The van der Waals surface area contributed by atoms with E-state index in [1.807, 2.05) is 91.0 Å². The maximum absolute atomic E-state index is 10.3. The second-order valence-corrected chi connectivity index (χ2v) is 12.8. The van der Waals surface area contributed by atoms with Gasteiger partial charge < -0.3 is 91.6 Å². The maximum atomic E-state index is 10.3. The minimum atomic E-state index is -1.21. The van der Waals surface area contributed by atoms with Gasteiger partial charge in [-0.3, -0.25) is 0 Å². The number of carbonyl (C=O) groups excluding carboxylic acids is 6. The van der Waals surface area contributed by atoms with E-state index in [1.165, 1.54) is 55.8 Å². The van der Waals surface area contributed by atoms with Crippen molar-refractivity contribution in [1.29, 1.82) is 0 Å². The van der Waals surface area contributed by atoms with Crippen molar-refractivity contribution >= 4 is 54.0 Å². The third kappa shape index (κ3) is 31.4. The van der Waals surface area contributed by atoms with Crippen molar-refractivity contribution in [1.82, 2.24) is 29.9 Å². The number of carboxylic acids is 6. The standard InChI is InChI=1S/3C9H11NO2.3C6H6N2O2.Mo/c3*10-8(9(11)12)6-7-4-2-1-3-5-7;3*9-6(10)2-1-5-3-7-4-8-5;/h3*1-5,8H,6,10H2,(H,11,12);3*1-4H,(H,7,8)(H,9,10);/p-6/t3*8-;;;;/m000..../s1. The number of aliphatic carboxylic acids is 6. The molecule has 3 aromatic heterocycles. The number of aromatic amines is 3. The van der Waals surface area contributed by atoms with Crippen LogP contribution in [0.15, 0.2) is 147 Å². The van der Waals surface area contributed by atoms with Crippen molar-refractivity contribution < 1.29 is 80.5 Å². The minimum Gasteiger partial charge on any atom is -0.548 e. The van der Waals surface area contributed by atoms with Gasteiger partial charge in [-0.25, -0.2) is 15.0 Å². The van der Waals surface area contributed by atoms with Gasteiger partial charge in [-0.05, 0) is 72.4 Å². The number of rotatable bonds is 15. The van der Waals surface area contributed by atoms with Crippen LogP contribution in [0.3, 0.4) is 0 Å². The summed E-state index contributed by atoms with van der Waals surface area (Å²) in [5.74, 6) is -7.27. The molecule has 9 N–H and O–H groups in total. The van der Waals surface area contributed by atoms with Crippen molar-refractivity contribution in [2.75, 3.05) is 0 Å². The Morgan fingerprint density at radius 2 is 0.657 bits per heavy atom. The van der Waals surface area contributed by atoms with Crippen LogP contribution in [0.4, 0.5) is 0 Å². The third-order valence-electron chi connectivity index (χ3n) is 7.56. The van der Waals surface area contributed by atoms with Crippen molar-refractivity contribution in [3.63, 3.8) is 0 Å². The number of imidazole rings is 3. The fourth-order valence-electron chi connectivity index (χ4n) is 4.40. The fraction of sp³-hybridized carbons (Fsp3) is 0.133. The average Bonchev–Trinajstić information content (AvgIpc) is 4.12. The minimum absolute atomic E-state index is 0. The quantitative estimate of drug-likeness (QED) is 0.0417. The Morgan fingerprint density at radius 3 is 0.821 bits per heavy atom. The molecule has 0 unspecified atom stereocenters. The summed E-state index contributed by atoms with van der Waals surface area (Å²) in [6, 6.07) is 25.0. The van der Waals surface area contributed by atoms with E-state index in [9.17, 15) is 59.4 Å². The second-order valence-electron chi connectivity index (χ2n) is 12.8. The van der Waals surface area contributed by atoms with E-state index < -0.39 is 53.9 Å². The number of aromatic nitrogens is 6. The van der Waals surface area contributed by atoms with E-state index in [4.69, 9.17) is 17.2 Å². The predicted molar refractivity (Wildman–Crippen MR) is 227 cm³/mol. The number of hydrogen-bond acceptors (Lipinski definition) is 18. The van der Waals surface area contributed by atoms with Crippen LogP contribution in [0.5, 0.6) is 0 Å².